The Kier molecular flexibility index (Phi) is 70.4. The maximum Gasteiger partial charge on any atom is 0.305 e. The van der Waals surface area contributed by atoms with E-state index in [0.29, 0.717) is 19.4 Å². The molecule has 0 rings (SSSR count). The summed E-state index contributed by atoms with van der Waals surface area (Å²) in [6.45, 7) is 4.92. The molecule has 0 heterocycles. The van der Waals surface area contributed by atoms with Gasteiger partial charge in [-0.1, -0.05) is 351 Å². The maximum absolute atomic E-state index is 12.5. The Hall–Kier alpha value is -2.18. The van der Waals surface area contributed by atoms with Crippen LogP contribution in [-0.4, -0.2) is 47.4 Å². The first-order valence-electron chi connectivity index (χ1n) is 37.4. The normalized spacial score (nSPS) is 12.8. The molecule has 0 aromatic heterocycles. The van der Waals surface area contributed by atoms with E-state index in [9.17, 15) is 19.8 Å². The molecule has 0 aromatic carbocycles. The molecule has 0 saturated heterocycles. The summed E-state index contributed by atoms with van der Waals surface area (Å²) >= 11 is 0. The van der Waals surface area contributed by atoms with E-state index in [4.69, 9.17) is 4.74 Å². The minimum Gasteiger partial charge on any atom is -0.466 e. The summed E-state index contributed by atoms with van der Waals surface area (Å²) < 4.78 is 5.48. The van der Waals surface area contributed by atoms with Crippen molar-refractivity contribution in [3.05, 3.63) is 48.6 Å². The van der Waals surface area contributed by atoms with Crippen LogP contribution in [0.2, 0.25) is 0 Å². The summed E-state index contributed by atoms with van der Waals surface area (Å²) in [6.07, 6.45) is 94.9. The average Bonchev–Trinajstić information content (AvgIpc) is 3.49. The molecule has 83 heavy (non-hydrogen) atoms. The number of carbonyl (C=O) groups excluding carboxylic acids is 2. The highest BCUT2D eigenvalue weighted by Crippen LogP contribution is 2.19. The Morgan fingerprint density at radius 3 is 0.928 bits per heavy atom. The quantitative estimate of drug-likeness (QED) is 0.0320. The van der Waals surface area contributed by atoms with Crippen molar-refractivity contribution in [3.63, 3.8) is 0 Å². The number of aliphatic hydroxyl groups excluding tert-OH is 2. The van der Waals surface area contributed by atoms with Gasteiger partial charge in [-0.2, -0.15) is 0 Å². The van der Waals surface area contributed by atoms with Gasteiger partial charge in [-0.15, -0.1) is 0 Å². The number of amides is 1. The highest BCUT2D eigenvalue weighted by molar-refractivity contribution is 5.76. The van der Waals surface area contributed by atoms with E-state index in [0.717, 1.165) is 51.4 Å². The highest BCUT2D eigenvalue weighted by Gasteiger charge is 2.18. The SMILES string of the molecule is CCCCCCC/C=C\CCCCCCCC(=O)OCCCCCCCCCCC/C=C\C/C=C\CCCCCCCCCCCCCC(=O)NC(CO)C(O)/C=C/CCCCCCCCCCCCCCCCCCCCCCCCC. The van der Waals surface area contributed by atoms with Gasteiger partial charge in [0.15, 0.2) is 0 Å². The minimum absolute atomic E-state index is 0.00204. The van der Waals surface area contributed by atoms with Crippen LogP contribution in [-0.2, 0) is 14.3 Å². The maximum atomic E-state index is 12.5. The number of rotatable bonds is 70. The van der Waals surface area contributed by atoms with E-state index < -0.39 is 12.1 Å². The number of nitrogens with one attached hydrogen (secondary N) is 1. The van der Waals surface area contributed by atoms with Crippen molar-refractivity contribution in [3.8, 4) is 0 Å². The minimum atomic E-state index is -0.849. The number of ether oxygens (including phenoxy) is 1. The van der Waals surface area contributed by atoms with Crippen molar-refractivity contribution >= 4 is 11.9 Å². The Morgan fingerprint density at radius 1 is 0.337 bits per heavy atom. The second-order valence-electron chi connectivity index (χ2n) is 25.6. The van der Waals surface area contributed by atoms with Gasteiger partial charge in [0, 0.05) is 12.8 Å². The Balaban J connectivity index is 3.45. The first kappa shape index (κ1) is 80.8. The number of hydrogen-bond acceptors (Lipinski definition) is 5. The molecule has 6 nitrogen and oxygen atoms in total. The standard InChI is InChI=1S/C77H145NO5/c1-3-5-7-9-11-13-15-17-19-20-21-22-23-27-30-33-36-39-42-45-49-53-57-61-65-69-75(80)74(73-79)78-76(81)70-66-62-58-54-50-46-43-40-37-34-31-28-25-24-26-29-32-35-38-41-44-48-52-56-60-64-68-72-83-77(82)71-67-63-59-55-51-47-18-16-14-12-10-8-6-4-2/h16,18,24-25,29,32,65,69,74-75,79-80H,3-15,17,19-23,26-28,30-31,33-64,66-68,70-73H2,1-2H3,(H,78,81)/b18-16-,25-24-,32-29-,69-65+. The van der Waals surface area contributed by atoms with Crippen LogP contribution in [0, 0.1) is 0 Å². The largest absolute Gasteiger partial charge is 0.466 e. The number of allylic oxidation sites excluding steroid dienone is 7. The van der Waals surface area contributed by atoms with Gasteiger partial charge in [-0.05, 0) is 89.9 Å². The van der Waals surface area contributed by atoms with Gasteiger partial charge in [0.1, 0.15) is 0 Å². The molecule has 0 aliphatic rings. The van der Waals surface area contributed by atoms with Crippen molar-refractivity contribution in [2.75, 3.05) is 13.2 Å². The molecule has 0 saturated carbocycles. The summed E-state index contributed by atoms with van der Waals surface area (Å²) in [7, 11) is 0. The van der Waals surface area contributed by atoms with E-state index >= 15 is 0 Å². The van der Waals surface area contributed by atoms with Gasteiger partial charge in [-0.3, -0.25) is 9.59 Å². The predicted molar refractivity (Wildman–Crippen MR) is 366 cm³/mol. The van der Waals surface area contributed by atoms with Crippen LogP contribution in [0.3, 0.4) is 0 Å². The third-order valence-electron chi connectivity index (χ3n) is 17.3. The summed E-state index contributed by atoms with van der Waals surface area (Å²) in [5, 5.41) is 23.3. The van der Waals surface area contributed by atoms with Crippen molar-refractivity contribution in [2.24, 2.45) is 0 Å². The van der Waals surface area contributed by atoms with Crippen LogP contribution < -0.4 is 5.32 Å². The molecule has 6 heteroatoms. The molecule has 0 bridgehead atoms. The summed E-state index contributed by atoms with van der Waals surface area (Å²) in [5.74, 6) is -0.0652. The molecule has 2 atom stereocenters. The zero-order valence-corrected chi connectivity index (χ0v) is 55.9. The first-order chi connectivity index (χ1) is 41.0. The van der Waals surface area contributed by atoms with Crippen LogP contribution in [0.15, 0.2) is 48.6 Å². The molecule has 0 aliphatic carbocycles. The third-order valence-corrected chi connectivity index (χ3v) is 17.3. The fourth-order valence-corrected chi connectivity index (χ4v) is 11.6. The molecule has 0 aromatic rings. The highest BCUT2D eigenvalue weighted by atomic mass is 16.5. The van der Waals surface area contributed by atoms with Crippen LogP contribution in [0.1, 0.15) is 406 Å². The zero-order valence-electron chi connectivity index (χ0n) is 55.9. The van der Waals surface area contributed by atoms with Crippen LogP contribution in [0.25, 0.3) is 0 Å². The summed E-state index contributed by atoms with van der Waals surface area (Å²) in [6, 6.07) is -0.633. The molecule has 0 aliphatic heterocycles. The molecule has 488 valence electrons. The molecule has 1 amide bonds. The summed E-state index contributed by atoms with van der Waals surface area (Å²) in [5.41, 5.74) is 0. The van der Waals surface area contributed by atoms with E-state index in [1.807, 2.05) is 6.08 Å². The fourth-order valence-electron chi connectivity index (χ4n) is 11.6. The average molecular weight is 1170 g/mol. The number of hydrogen-bond donors (Lipinski definition) is 3. The molecule has 0 spiro atoms. The third kappa shape index (κ3) is 68.8. The Labute approximate surface area is 518 Å². The number of esters is 1. The van der Waals surface area contributed by atoms with Gasteiger partial charge < -0.3 is 20.3 Å². The number of unbranched alkanes of at least 4 members (excludes halogenated alkanes) is 53. The van der Waals surface area contributed by atoms with Gasteiger partial charge in [0.2, 0.25) is 5.91 Å². The van der Waals surface area contributed by atoms with E-state index in [1.54, 1.807) is 6.08 Å². The lowest BCUT2D eigenvalue weighted by atomic mass is 10.0. The van der Waals surface area contributed by atoms with Crippen LogP contribution in [0.4, 0.5) is 0 Å². The smallest absolute Gasteiger partial charge is 0.305 e. The van der Waals surface area contributed by atoms with E-state index in [-0.39, 0.29) is 18.5 Å². The lowest BCUT2D eigenvalue weighted by Gasteiger charge is -2.20. The monoisotopic (exact) mass is 1160 g/mol. The second-order valence-corrected chi connectivity index (χ2v) is 25.6. The topological polar surface area (TPSA) is 95.9 Å². The van der Waals surface area contributed by atoms with Gasteiger partial charge in [0.05, 0.1) is 25.4 Å². The van der Waals surface area contributed by atoms with Crippen molar-refractivity contribution < 1.29 is 24.5 Å². The molecular weight excluding hydrogens is 1020 g/mol. The van der Waals surface area contributed by atoms with Gasteiger partial charge in [-0.25, -0.2) is 0 Å². The van der Waals surface area contributed by atoms with Gasteiger partial charge in [0.25, 0.3) is 0 Å². The van der Waals surface area contributed by atoms with E-state index in [2.05, 4.69) is 55.6 Å². The van der Waals surface area contributed by atoms with E-state index in [1.165, 1.54) is 327 Å². The Morgan fingerprint density at radius 2 is 0.602 bits per heavy atom. The van der Waals surface area contributed by atoms with Crippen LogP contribution >= 0.6 is 0 Å². The number of aliphatic hydroxyl groups is 2. The zero-order chi connectivity index (χ0) is 59.9. The van der Waals surface area contributed by atoms with Crippen molar-refractivity contribution in [1.29, 1.82) is 0 Å². The van der Waals surface area contributed by atoms with Gasteiger partial charge >= 0.3 is 5.97 Å². The lowest BCUT2D eigenvalue weighted by Crippen LogP contribution is -2.45. The summed E-state index contributed by atoms with van der Waals surface area (Å²) in [4.78, 5) is 24.6. The Bertz CT molecular complexity index is 1390. The molecular formula is C77H145NO5. The lowest BCUT2D eigenvalue weighted by molar-refractivity contribution is -0.143. The first-order valence-corrected chi connectivity index (χ1v) is 37.4. The predicted octanol–water partition coefficient (Wildman–Crippen LogP) is 24.4. The number of carbonyl (C=O) groups is 2. The molecule has 3 N–H and O–H groups in total. The fraction of sp³-hybridized carbons (Fsp3) is 0.870. The molecule has 0 radical (unpaired) electrons. The second kappa shape index (κ2) is 72.3. The molecule has 2 unspecified atom stereocenters. The van der Waals surface area contributed by atoms with Crippen molar-refractivity contribution in [1.82, 2.24) is 5.32 Å². The molecule has 0 fully saturated rings. The van der Waals surface area contributed by atoms with Crippen molar-refractivity contribution in [2.45, 2.75) is 418 Å². The van der Waals surface area contributed by atoms with Crippen LogP contribution in [0.5, 0.6) is 0 Å².